The maximum Gasteiger partial charge on any atom is 0.239 e. The lowest BCUT2D eigenvalue weighted by molar-refractivity contribution is 0.240. The van der Waals surface area contributed by atoms with Crippen molar-refractivity contribution in [3.63, 3.8) is 0 Å². The summed E-state index contributed by atoms with van der Waals surface area (Å²) in [6.07, 6.45) is 4.73. The highest BCUT2D eigenvalue weighted by molar-refractivity contribution is 7.88. The number of nitrogens with zero attached hydrogens (tertiary/aromatic N) is 4. The van der Waals surface area contributed by atoms with E-state index in [-0.39, 0.29) is 11.9 Å². The van der Waals surface area contributed by atoms with Crippen LogP contribution >= 0.6 is 0 Å². The third-order valence-electron chi connectivity index (χ3n) is 2.95. The second kappa shape index (κ2) is 4.61. The number of sulfonamides is 1. The van der Waals surface area contributed by atoms with Gasteiger partial charge in [-0.3, -0.25) is 4.68 Å². The Morgan fingerprint density at radius 3 is 2.94 bits per heavy atom. The standard InChI is InChI=1S/C9H17N5O2S/c1-17(15,16)14-4-2-3-8(6-14)5-13-7-11-9(10)12-13/h7-8H,2-6H2,1H3,(H2,10,12). The van der Waals surface area contributed by atoms with Crippen molar-refractivity contribution in [2.45, 2.75) is 19.4 Å². The average molecular weight is 259 g/mol. The number of piperidine rings is 1. The topological polar surface area (TPSA) is 94.1 Å². The van der Waals surface area contributed by atoms with Crippen LogP contribution in [-0.2, 0) is 16.6 Å². The van der Waals surface area contributed by atoms with Gasteiger partial charge in [-0.25, -0.2) is 17.7 Å². The average Bonchev–Trinajstić information content (AvgIpc) is 2.63. The quantitative estimate of drug-likeness (QED) is 0.792. The van der Waals surface area contributed by atoms with E-state index in [1.807, 2.05) is 0 Å². The molecule has 2 rings (SSSR count). The van der Waals surface area contributed by atoms with Crippen LogP contribution in [0.3, 0.4) is 0 Å². The Morgan fingerprint density at radius 2 is 2.35 bits per heavy atom. The Bertz CT molecular complexity index is 483. The third kappa shape index (κ3) is 3.16. The Kier molecular flexibility index (Phi) is 3.34. The van der Waals surface area contributed by atoms with Crippen LogP contribution in [0.4, 0.5) is 5.95 Å². The van der Waals surface area contributed by atoms with Crippen molar-refractivity contribution in [2.75, 3.05) is 25.1 Å². The molecule has 7 nitrogen and oxygen atoms in total. The van der Waals surface area contributed by atoms with Crippen molar-refractivity contribution >= 4 is 16.0 Å². The van der Waals surface area contributed by atoms with Crippen LogP contribution in [0.25, 0.3) is 0 Å². The van der Waals surface area contributed by atoms with Gasteiger partial charge >= 0.3 is 0 Å². The summed E-state index contributed by atoms with van der Waals surface area (Å²) in [7, 11) is -3.08. The third-order valence-corrected chi connectivity index (χ3v) is 4.22. The first-order chi connectivity index (χ1) is 7.95. The van der Waals surface area contributed by atoms with E-state index >= 15 is 0 Å². The van der Waals surface area contributed by atoms with Crippen LogP contribution in [0.1, 0.15) is 12.8 Å². The summed E-state index contributed by atoms with van der Waals surface area (Å²) in [4.78, 5) is 3.85. The molecule has 1 fully saturated rings. The molecule has 0 aliphatic carbocycles. The van der Waals surface area contributed by atoms with E-state index in [4.69, 9.17) is 5.73 Å². The van der Waals surface area contributed by atoms with Crippen molar-refractivity contribution < 1.29 is 8.42 Å². The molecule has 1 aliphatic rings. The number of rotatable bonds is 3. The van der Waals surface area contributed by atoms with Gasteiger partial charge in [-0.15, -0.1) is 5.10 Å². The zero-order valence-electron chi connectivity index (χ0n) is 9.78. The molecule has 8 heteroatoms. The molecule has 1 aromatic rings. The number of hydrogen-bond acceptors (Lipinski definition) is 5. The molecule has 0 amide bonds. The van der Waals surface area contributed by atoms with Crippen molar-refractivity contribution in [3.8, 4) is 0 Å². The molecule has 1 aliphatic heterocycles. The van der Waals surface area contributed by atoms with Crippen LogP contribution in [0.15, 0.2) is 6.33 Å². The first kappa shape index (κ1) is 12.3. The zero-order valence-corrected chi connectivity index (χ0v) is 10.6. The van der Waals surface area contributed by atoms with Gasteiger partial charge in [-0.2, -0.15) is 0 Å². The van der Waals surface area contributed by atoms with Crippen molar-refractivity contribution in [2.24, 2.45) is 5.92 Å². The minimum absolute atomic E-state index is 0.251. The van der Waals surface area contributed by atoms with Crippen molar-refractivity contribution in [3.05, 3.63) is 6.33 Å². The SMILES string of the molecule is CS(=O)(=O)N1CCCC(Cn2cnc(N)n2)C1. The largest absolute Gasteiger partial charge is 0.367 e. The summed E-state index contributed by atoms with van der Waals surface area (Å²) in [5.74, 6) is 0.528. The van der Waals surface area contributed by atoms with Crippen LogP contribution < -0.4 is 5.73 Å². The van der Waals surface area contributed by atoms with E-state index in [0.717, 1.165) is 12.8 Å². The second-order valence-corrected chi connectivity index (χ2v) is 6.44. The molecule has 1 aromatic heterocycles. The smallest absolute Gasteiger partial charge is 0.239 e. The minimum atomic E-state index is -3.08. The number of anilines is 1. The minimum Gasteiger partial charge on any atom is -0.367 e. The van der Waals surface area contributed by atoms with Crippen LogP contribution in [0, 0.1) is 5.92 Å². The lowest BCUT2D eigenvalue weighted by Gasteiger charge is -2.30. The van der Waals surface area contributed by atoms with Crippen LogP contribution in [0.2, 0.25) is 0 Å². The van der Waals surface area contributed by atoms with E-state index in [2.05, 4.69) is 10.1 Å². The van der Waals surface area contributed by atoms with Gasteiger partial charge in [0.25, 0.3) is 0 Å². The van der Waals surface area contributed by atoms with E-state index < -0.39 is 10.0 Å². The highest BCUT2D eigenvalue weighted by atomic mass is 32.2. The Balaban J connectivity index is 1.98. The maximum atomic E-state index is 11.5. The summed E-state index contributed by atoms with van der Waals surface area (Å²) in [5.41, 5.74) is 5.43. The molecule has 1 unspecified atom stereocenters. The first-order valence-electron chi connectivity index (χ1n) is 5.55. The van der Waals surface area contributed by atoms with Gasteiger partial charge in [-0.1, -0.05) is 0 Å². The molecule has 1 atom stereocenters. The number of nitrogen functional groups attached to an aromatic ring is 1. The molecular weight excluding hydrogens is 242 g/mol. The molecule has 1 saturated heterocycles. The van der Waals surface area contributed by atoms with E-state index in [0.29, 0.717) is 19.6 Å². The summed E-state index contributed by atoms with van der Waals surface area (Å²) in [5, 5.41) is 4.01. The second-order valence-electron chi connectivity index (χ2n) is 4.45. The van der Waals surface area contributed by atoms with Crippen LogP contribution in [-0.4, -0.2) is 46.8 Å². The van der Waals surface area contributed by atoms with Gasteiger partial charge in [0.2, 0.25) is 16.0 Å². The van der Waals surface area contributed by atoms with E-state index in [1.54, 1.807) is 11.0 Å². The lowest BCUT2D eigenvalue weighted by Crippen LogP contribution is -2.40. The maximum absolute atomic E-state index is 11.5. The summed E-state index contributed by atoms with van der Waals surface area (Å²) < 4.78 is 26.1. The highest BCUT2D eigenvalue weighted by Gasteiger charge is 2.26. The molecule has 0 spiro atoms. The molecule has 0 saturated carbocycles. The molecule has 0 aromatic carbocycles. The van der Waals surface area contributed by atoms with E-state index in [9.17, 15) is 8.42 Å². The van der Waals surface area contributed by atoms with Gasteiger partial charge in [0.15, 0.2) is 0 Å². The molecule has 2 heterocycles. The molecule has 0 bridgehead atoms. The normalized spacial score (nSPS) is 22.8. The predicted molar refractivity (Wildman–Crippen MR) is 63.6 cm³/mol. The van der Waals surface area contributed by atoms with Gasteiger partial charge < -0.3 is 5.73 Å². The highest BCUT2D eigenvalue weighted by Crippen LogP contribution is 2.19. The molecule has 96 valence electrons. The Hall–Kier alpha value is -1.15. The van der Waals surface area contributed by atoms with Crippen molar-refractivity contribution in [1.29, 1.82) is 0 Å². The first-order valence-corrected chi connectivity index (χ1v) is 7.40. The number of hydrogen-bond donors (Lipinski definition) is 1. The summed E-state index contributed by atoms with van der Waals surface area (Å²) in [6, 6.07) is 0. The number of aromatic nitrogens is 3. The van der Waals surface area contributed by atoms with Gasteiger partial charge in [0, 0.05) is 19.6 Å². The van der Waals surface area contributed by atoms with Crippen LogP contribution in [0.5, 0.6) is 0 Å². The molecule has 2 N–H and O–H groups in total. The fourth-order valence-corrected chi connectivity index (χ4v) is 3.08. The lowest BCUT2D eigenvalue weighted by atomic mass is 10.00. The van der Waals surface area contributed by atoms with Crippen molar-refractivity contribution in [1.82, 2.24) is 19.1 Å². The van der Waals surface area contributed by atoms with Gasteiger partial charge in [0.1, 0.15) is 6.33 Å². The molecular formula is C9H17N5O2S. The summed E-state index contributed by atoms with van der Waals surface area (Å²) in [6.45, 7) is 1.84. The Morgan fingerprint density at radius 1 is 1.59 bits per heavy atom. The fraction of sp³-hybridized carbons (Fsp3) is 0.778. The van der Waals surface area contributed by atoms with Gasteiger partial charge in [-0.05, 0) is 18.8 Å². The van der Waals surface area contributed by atoms with E-state index in [1.165, 1.54) is 10.6 Å². The predicted octanol–water partition coefficient (Wildman–Crippen LogP) is -0.468. The number of nitrogens with two attached hydrogens (primary N) is 1. The monoisotopic (exact) mass is 259 g/mol. The zero-order chi connectivity index (χ0) is 12.5. The molecule has 0 radical (unpaired) electrons. The van der Waals surface area contributed by atoms with Gasteiger partial charge in [0.05, 0.1) is 6.26 Å². The summed E-state index contributed by atoms with van der Waals surface area (Å²) >= 11 is 0. The fourth-order valence-electron chi connectivity index (χ4n) is 2.14. The Labute approximate surface area is 101 Å². The molecule has 17 heavy (non-hydrogen) atoms.